The Kier molecular flexibility index (Phi) is 4.81. The molecular formula is C13H18N2O. The summed E-state index contributed by atoms with van der Waals surface area (Å²) in [6.45, 7) is 4.43. The molecule has 1 aromatic carbocycles. The third kappa shape index (κ3) is 3.25. The van der Waals surface area contributed by atoms with Crippen molar-refractivity contribution in [3.8, 4) is 11.8 Å². The molecule has 0 amide bonds. The molecule has 0 aliphatic heterocycles. The molecule has 3 nitrogen and oxygen atoms in total. The predicted molar refractivity (Wildman–Crippen MR) is 64.3 cm³/mol. The highest BCUT2D eigenvalue weighted by atomic mass is 16.5. The molecule has 0 heterocycles. The number of nitrogens with two attached hydrogens (primary N) is 1. The fraction of sp³-hybridized carbons (Fsp3) is 0.462. The van der Waals surface area contributed by atoms with Crippen molar-refractivity contribution >= 4 is 0 Å². The zero-order valence-corrected chi connectivity index (χ0v) is 9.86. The molecule has 1 unspecified atom stereocenters. The number of hydrogen-bond acceptors (Lipinski definition) is 3. The summed E-state index contributed by atoms with van der Waals surface area (Å²) in [4.78, 5) is 0. The van der Waals surface area contributed by atoms with Crippen LogP contribution >= 0.6 is 0 Å². The van der Waals surface area contributed by atoms with E-state index in [0.29, 0.717) is 17.9 Å². The van der Waals surface area contributed by atoms with Crippen molar-refractivity contribution in [3.63, 3.8) is 0 Å². The minimum Gasteiger partial charge on any atom is -0.490 e. The van der Waals surface area contributed by atoms with E-state index in [1.54, 1.807) is 6.07 Å². The lowest BCUT2D eigenvalue weighted by atomic mass is 10.1. The Morgan fingerprint density at radius 3 is 2.81 bits per heavy atom. The van der Waals surface area contributed by atoms with E-state index in [-0.39, 0.29) is 6.04 Å². The fourth-order valence-corrected chi connectivity index (χ4v) is 1.52. The summed E-state index contributed by atoms with van der Waals surface area (Å²) >= 11 is 0. The molecule has 86 valence electrons. The lowest BCUT2D eigenvalue weighted by Crippen LogP contribution is -2.24. The first-order valence-electron chi connectivity index (χ1n) is 5.59. The van der Waals surface area contributed by atoms with Crippen molar-refractivity contribution in [2.24, 2.45) is 5.73 Å². The molecule has 0 saturated carbocycles. The second-order valence-corrected chi connectivity index (χ2v) is 3.94. The number of nitrogens with zero attached hydrogens (tertiary/aromatic N) is 1. The van der Waals surface area contributed by atoms with Crippen LogP contribution < -0.4 is 10.5 Å². The molecule has 1 rings (SSSR count). The number of nitriles is 1. The highest BCUT2D eigenvalue weighted by molar-refractivity contribution is 5.48. The van der Waals surface area contributed by atoms with Gasteiger partial charge in [-0.2, -0.15) is 5.26 Å². The maximum absolute atomic E-state index is 9.02. The maximum atomic E-state index is 9.02. The summed E-state index contributed by atoms with van der Waals surface area (Å²) in [6.07, 6.45) is 1.95. The van der Waals surface area contributed by atoms with Crippen LogP contribution in [0.25, 0.3) is 0 Å². The van der Waals surface area contributed by atoms with Crippen LogP contribution in [0.1, 0.15) is 31.4 Å². The van der Waals surface area contributed by atoms with Gasteiger partial charge in [0.1, 0.15) is 18.4 Å². The highest BCUT2D eigenvalue weighted by Crippen LogP contribution is 2.24. The van der Waals surface area contributed by atoms with E-state index < -0.39 is 0 Å². The van der Waals surface area contributed by atoms with Gasteiger partial charge >= 0.3 is 0 Å². The molecule has 0 bridgehead atoms. The number of hydrogen-bond donors (Lipinski definition) is 1. The monoisotopic (exact) mass is 218 g/mol. The summed E-state index contributed by atoms with van der Waals surface area (Å²) in [7, 11) is 0. The summed E-state index contributed by atoms with van der Waals surface area (Å²) in [5.41, 5.74) is 7.32. The summed E-state index contributed by atoms with van der Waals surface area (Å²) in [5, 5.41) is 9.02. The molecule has 0 radical (unpaired) electrons. The minimum atomic E-state index is -0.0266. The van der Waals surface area contributed by atoms with Crippen molar-refractivity contribution in [1.82, 2.24) is 0 Å². The van der Waals surface area contributed by atoms with Gasteiger partial charge in [0.25, 0.3) is 0 Å². The minimum absolute atomic E-state index is 0.0266. The lowest BCUT2D eigenvalue weighted by molar-refractivity contribution is 0.292. The number of benzene rings is 1. The molecule has 1 aromatic rings. The average molecular weight is 218 g/mol. The van der Waals surface area contributed by atoms with Crippen molar-refractivity contribution in [2.75, 3.05) is 6.61 Å². The van der Waals surface area contributed by atoms with Gasteiger partial charge in [-0.05, 0) is 25.0 Å². The second kappa shape index (κ2) is 6.14. The Bertz CT molecular complexity index is 380. The van der Waals surface area contributed by atoms with Gasteiger partial charge in [-0.3, -0.25) is 0 Å². The van der Waals surface area contributed by atoms with Crippen LogP contribution in [0.4, 0.5) is 0 Å². The molecule has 0 saturated heterocycles. The lowest BCUT2D eigenvalue weighted by Gasteiger charge is -2.14. The summed E-state index contributed by atoms with van der Waals surface area (Å²) < 4.78 is 5.63. The molecule has 3 heteroatoms. The molecule has 16 heavy (non-hydrogen) atoms. The van der Waals surface area contributed by atoms with Crippen molar-refractivity contribution in [2.45, 2.75) is 32.7 Å². The largest absolute Gasteiger partial charge is 0.490 e. The van der Waals surface area contributed by atoms with Crippen LogP contribution in [0.5, 0.6) is 5.75 Å². The first kappa shape index (κ1) is 12.5. The topological polar surface area (TPSA) is 59.0 Å². The van der Waals surface area contributed by atoms with E-state index in [1.165, 1.54) is 0 Å². The Hall–Kier alpha value is -1.53. The van der Waals surface area contributed by atoms with Gasteiger partial charge in [-0.1, -0.05) is 25.5 Å². The van der Waals surface area contributed by atoms with Gasteiger partial charge in [0.15, 0.2) is 0 Å². The summed E-state index contributed by atoms with van der Waals surface area (Å²) in [5.74, 6) is 0.698. The molecule has 0 fully saturated rings. The van der Waals surface area contributed by atoms with Crippen LogP contribution in [0.2, 0.25) is 0 Å². The third-order valence-corrected chi connectivity index (χ3v) is 2.23. The first-order valence-corrected chi connectivity index (χ1v) is 5.59. The second-order valence-electron chi connectivity index (χ2n) is 3.94. The molecule has 2 N–H and O–H groups in total. The molecular weight excluding hydrogens is 200 g/mol. The van der Waals surface area contributed by atoms with E-state index >= 15 is 0 Å². The SMILES string of the molecule is CCCc1cccc(C#N)c1OCC(C)N. The van der Waals surface area contributed by atoms with Crippen molar-refractivity contribution < 1.29 is 4.74 Å². The number of aryl methyl sites for hydroxylation is 1. The maximum Gasteiger partial charge on any atom is 0.140 e. The number of rotatable bonds is 5. The molecule has 1 atom stereocenters. The third-order valence-electron chi connectivity index (χ3n) is 2.23. The Morgan fingerprint density at radius 2 is 2.25 bits per heavy atom. The molecule has 0 aromatic heterocycles. The number of ether oxygens (including phenoxy) is 1. The quantitative estimate of drug-likeness (QED) is 0.824. The fourth-order valence-electron chi connectivity index (χ4n) is 1.52. The summed E-state index contributed by atoms with van der Waals surface area (Å²) in [6, 6.07) is 7.79. The zero-order valence-electron chi connectivity index (χ0n) is 9.86. The van der Waals surface area contributed by atoms with Crippen molar-refractivity contribution in [3.05, 3.63) is 29.3 Å². The normalized spacial score (nSPS) is 11.9. The van der Waals surface area contributed by atoms with Crippen LogP contribution in [0.15, 0.2) is 18.2 Å². The van der Waals surface area contributed by atoms with E-state index in [4.69, 9.17) is 15.7 Å². The molecule has 0 aliphatic rings. The Labute approximate surface area is 96.8 Å². The Balaban J connectivity index is 2.96. The predicted octanol–water partition coefficient (Wildman–Crippen LogP) is 2.24. The standard InChI is InChI=1S/C13H18N2O/c1-3-5-11-6-4-7-12(8-14)13(11)16-9-10(2)15/h4,6-7,10H,3,5,9,15H2,1-2H3. The van der Waals surface area contributed by atoms with Crippen molar-refractivity contribution in [1.29, 1.82) is 5.26 Å². The Morgan fingerprint density at radius 1 is 1.50 bits per heavy atom. The van der Waals surface area contributed by atoms with E-state index in [1.807, 2.05) is 19.1 Å². The van der Waals surface area contributed by atoms with Gasteiger partial charge in [0, 0.05) is 6.04 Å². The average Bonchev–Trinajstić information content (AvgIpc) is 2.27. The van der Waals surface area contributed by atoms with E-state index in [0.717, 1.165) is 18.4 Å². The van der Waals surface area contributed by atoms with Gasteiger partial charge in [0.2, 0.25) is 0 Å². The van der Waals surface area contributed by atoms with Crippen LogP contribution in [-0.4, -0.2) is 12.6 Å². The smallest absolute Gasteiger partial charge is 0.140 e. The highest BCUT2D eigenvalue weighted by Gasteiger charge is 2.09. The van der Waals surface area contributed by atoms with Crippen LogP contribution in [-0.2, 0) is 6.42 Å². The first-order chi connectivity index (χ1) is 7.69. The van der Waals surface area contributed by atoms with Gasteiger partial charge < -0.3 is 10.5 Å². The van der Waals surface area contributed by atoms with Gasteiger partial charge in [-0.25, -0.2) is 0 Å². The molecule has 0 aliphatic carbocycles. The zero-order chi connectivity index (χ0) is 12.0. The van der Waals surface area contributed by atoms with E-state index in [2.05, 4.69) is 13.0 Å². The van der Waals surface area contributed by atoms with Crippen LogP contribution in [0, 0.1) is 11.3 Å². The van der Waals surface area contributed by atoms with Gasteiger partial charge in [-0.15, -0.1) is 0 Å². The van der Waals surface area contributed by atoms with Gasteiger partial charge in [0.05, 0.1) is 5.56 Å². The van der Waals surface area contributed by atoms with Crippen LogP contribution in [0.3, 0.4) is 0 Å². The number of para-hydroxylation sites is 1. The molecule has 0 spiro atoms. The van der Waals surface area contributed by atoms with E-state index in [9.17, 15) is 0 Å².